The van der Waals surface area contributed by atoms with Crippen LogP contribution >= 0.6 is 0 Å². The van der Waals surface area contributed by atoms with Crippen LogP contribution in [-0.2, 0) is 9.53 Å². The van der Waals surface area contributed by atoms with Gasteiger partial charge in [0.05, 0.1) is 17.9 Å². The third-order valence-corrected chi connectivity index (χ3v) is 5.45. The normalized spacial score (nSPS) is 19.6. The molecule has 4 rings (SSSR count). The van der Waals surface area contributed by atoms with Crippen molar-refractivity contribution in [3.63, 3.8) is 0 Å². The molecule has 2 aliphatic rings. The molecule has 0 aliphatic carbocycles. The molecule has 142 valence electrons. The van der Waals surface area contributed by atoms with E-state index in [4.69, 9.17) is 9.72 Å². The van der Waals surface area contributed by atoms with Crippen molar-refractivity contribution in [2.75, 3.05) is 31.1 Å². The molecule has 1 spiro atoms. The highest BCUT2D eigenvalue weighted by atomic mass is 16.5. The van der Waals surface area contributed by atoms with Crippen LogP contribution in [0.1, 0.15) is 30.7 Å². The first-order valence-corrected chi connectivity index (χ1v) is 9.48. The molecule has 0 radical (unpaired) electrons. The smallest absolute Gasteiger partial charge is 0.225 e. The van der Waals surface area contributed by atoms with Gasteiger partial charge >= 0.3 is 0 Å². The van der Waals surface area contributed by atoms with Crippen molar-refractivity contribution in [3.05, 3.63) is 35.8 Å². The van der Waals surface area contributed by atoms with Crippen LogP contribution in [0, 0.1) is 13.8 Å². The number of hydrogen-bond donors (Lipinski definition) is 1. The standard InChI is InChI=1S/C20H25N5O2/c1-14-3-4-16(15(2)23-14)17-5-9-21-19(24-17)25-10-7-20(8-11-25)13-22-18(26)6-12-27-20/h3-5,9H,6-8,10-13H2,1-2H3,(H,22,26). The number of carbonyl (C=O) groups is 1. The van der Waals surface area contributed by atoms with Crippen molar-refractivity contribution in [1.29, 1.82) is 0 Å². The minimum atomic E-state index is -0.252. The van der Waals surface area contributed by atoms with E-state index in [0.717, 1.165) is 54.5 Å². The summed E-state index contributed by atoms with van der Waals surface area (Å²) in [6, 6.07) is 6.00. The Balaban J connectivity index is 1.50. The van der Waals surface area contributed by atoms with Gasteiger partial charge in [0.1, 0.15) is 0 Å². The first-order valence-electron chi connectivity index (χ1n) is 9.48. The van der Waals surface area contributed by atoms with E-state index in [-0.39, 0.29) is 11.5 Å². The summed E-state index contributed by atoms with van der Waals surface area (Å²) in [5, 5.41) is 2.98. The van der Waals surface area contributed by atoms with Gasteiger partial charge in [0.25, 0.3) is 0 Å². The number of carbonyl (C=O) groups excluding carboxylic acids is 1. The lowest BCUT2D eigenvalue weighted by atomic mass is 9.91. The van der Waals surface area contributed by atoms with Crippen LogP contribution in [0.25, 0.3) is 11.3 Å². The van der Waals surface area contributed by atoms with E-state index in [1.165, 1.54) is 0 Å². The van der Waals surface area contributed by atoms with Crippen LogP contribution in [0.3, 0.4) is 0 Å². The number of rotatable bonds is 2. The SMILES string of the molecule is Cc1ccc(-c2ccnc(N3CCC4(CC3)CNC(=O)CCO4)n2)c(C)n1. The van der Waals surface area contributed by atoms with Crippen LogP contribution in [-0.4, -0.2) is 52.7 Å². The molecule has 2 saturated heterocycles. The minimum Gasteiger partial charge on any atom is -0.372 e. The first kappa shape index (κ1) is 17.9. The monoisotopic (exact) mass is 367 g/mol. The van der Waals surface area contributed by atoms with E-state index in [1.807, 2.05) is 32.2 Å². The molecule has 1 N–H and O–H groups in total. The third kappa shape index (κ3) is 3.78. The number of ether oxygens (including phenoxy) is 1. The molecule has 0 aromatic carbocycles. The Morgan fingerprint density at radius 2 is 1.96 bits per heavy atom. The van der Waals surface area contributed by atoms with Crippen molar-refractivity contribution in [3.8, 4) is 11.3 Å². The van der Waals surface area contributed by atoms with Gasteiger partial charge in [-0.25, -0.2) is 9.97 Å². The molecule has 4 heterocycles. The predicted molar refractivity (Wildman–Crippen MR) is 102 cm³/mol. The van der Waals surface area contributed by atoms with Gasteiger partial charge in [-0.15, -0.1) is 0 Å². The van der Waals surface area contributed by atoms with Crippen molar-refractivity contribution in [2.45, 2.75) is 38.7 Å². The Bertz CT molecular complexity index is 846. The summed E-state index contributed by atoms with van der Waals surface area (Å²) in [4.78, 5) is 27.6. The molecule has 2 fully saturated rings. The topological polar surface area (TPSA) is 80.2 Å². The average Bonchev–Trinajstić information content (AvgIpc) is 2.84. The highest BCUT2D eigenvalue weighted by Gasteiger charge is 2.38. The summed E-state index contributed by atoms with van der Waals surface area (Å²) in [6.07, 6.45) is 3.96. The molecule has 2 aromatic heterocycles. The van der Waals surface area contributed by atoms with Crippen molar-refractivity contribution in [2.24, 2.45) is 0 Å². The molecule has 1 amide bonds. The van der Waals surface area contributed by atoms with Gasteiger partial charge in [0.2, 0.25) is 11.9 Å². The predicted octanol–water partition coefficient (Wildman–Crippen LogP) is 2.03. The second-order valence-corrected chi connectivity index (χ2v) is 7.37. The van der Waals surface area contributed by atoms with Crippen LogP contribution in [0.5, 0.6) is 0 Å². The third-order valence-electron chi connectivity index (χ3n) is 5.45. The zero-order valence-corrected chi connectivity index (χ0v) is 15.9. The summed E-state index contributed by atoms with van der Waals surface area (Å²) in [5.74, 6) is 0.812. The Hall–Kier alpha value is -2.54. The van der Waals surface area contributed by atoms with E-state index in [9.17, 15) is 4.79 Å². The van der Waals surface area contributed by atoms with Gasteiger partial charge in [-0.05, 0) is 44.9 Å². The largest absolute Gasteiger partial charge is 0.372 e. The molecule has 0 atom stereocenters. The molecular weight excluding hydrogens is 342 g/mol. The zero-order chi connectivity index (χ0) is 18.9. The van der Waals surface area contributed by atoms with E-state index in [2.05, 4.69) is 26.3 Å². The zero-order valence-electron chi connectivity index (χ0n) is 15.9. The number of nitrogens with zero attached hydrogens (tertiary/aromatic N) is 4. The summed E-state index contributed by atoms with van der Waals surface area (Å²) in [5.41, 5.74) is 3.65. The van der Waals surface area contributed by atoms with E-state index in [1.54, 1.807) is 0 Å². The lowest BCUT2D eigenvalue weighted by Gasteiger charge is -2.40. The van der Waals surface area contributed by atoms with Gasteiger partial charge in [-0.2, -0.15) is 0 Å². The van der Waals surface area contributed by atoms with Crippen LogP contribution < -0.4 is 10.2 Å². The van der Waals surface area contributed by atoms with Gasteiger partial charge in [0.15, 0.2) is 0 Å². The van der Waals surface area contributed by atoms with Crippen LogP contribution in [0.4, 0.5) is 5.95 Å². The summed E-state index contributed by atoms with van der Waals surface area (Å²) < 4.78 is 6.05. The summed E-state index contributed by atoms with van der Waals surface area (Å²) in [6.45, 7) is 6.71. The molecule has 0 bridgehead atoms. The maximum atomic E-state index is 11.6. The number of aryl methyl sites for hydroxylation is 2. The molecule has 7 heteroatoms. The molecule has 2 aromatic rings. The lowest BCUT2D eigenvalue weighted by molar-refractivity contribution is -0.120. The quantitative estimate of drug-likeness (QED) is 0.875. The summed E-state index contributed by atoms with van der Waals surface area (Å²) in [7, 11) is 0. The maximum absolute atomic E-state index is 11.6. The Labute approximate surface area is 159 Å². The first-order chi connectivity index (χ1) is 13.0. The van der Waals surface area contributed by atoms with Crippen molar-refractivity contribution >= 4 is 11.9 Å². The van der Waals surface area contributed by atoms with E-state index < -0.39 is 0 Å². The van der Waals surface area contributed by atoms with Crippen molar-refractivity contribution in [1.82, 2.24) is 20.3 Å². The van der Waals surface area contributed by atoms with Gasteiger partial charge < -0.3 is 15.0 Å². The second-order valence-electron chi connectivity index (χ2n) is 7.37. The summed E-state index contributed by atoms with van der Waals surface area (Å²) >= 11 is 0. The fourth-order valence-corrected chi connectivity index (χ4v) is 3.80. The maximum Gasteiger partial charge on any atom is 0.225 e. The van der Waals surface area contributed by atoms with E-state index >= 15 is 0 Å². The highest BCUT2D eigenvalue weighted by molar-refractivity contribution is 5.76. The number of amides is 1. The number of nitrogens with one attached hydrogen (secondary N) is 1. The number of piperidine rings is 1. The van der Waals surface area contributed by atoms with Gasteiger partial charge in [-0.1, -0.05) is 0 Å². The molecular formula is C20H25N5O2. The molecule has 2 aliphatic heterocycles. The second kappa shape index (κ2) is 7.23. The van der Waals surface area contributed by atoms with Crippen molar-refractivity contribution < 1.29 is 9.53 Å². The average molecular weight is 367 g/mol. The number of aromatic nitrogens is 3. The minimum absolute atomic E-state index is 0.0763. The van der Waals surface area contributed by atoms with Gasteiger partial charge in [0, 0.05) is 49.2 Å². The number of pyridine rings is 1. The van der Waals surface area contributed by atoms with E-state index in [0.29, 0.717) is 19.6 Å². The molecule has 27 heavy (non-hydrogen) atoms. The molecule has 7 nitrogen and oxygen atoms in total. The lowest BCUT2D eigenvalue weighted by Crippen LogP contribution is -2.51. The highest BCUT2D eigenvalue weighted by Crippen LogP contribution is 2.30. The van der Waals surface area contributed by atoms with Crippen LogP contribution in [0.2, 0.25) is 0 Å². The Kier molecular flexibility index (Phi) is 4.78. The van der Waals surface area contributed by atoms with Crippen LogP contribution in [0.15, 0.2) is 24.4 Å². The fraction of sp³-hybridized carbons (Fsp3) is 0.500. The Morgan fingerprint density at radius 3 is 2.74 bits per heavy atom. The molecule has 0 saturated carbocycles. The fourth-order valence-electron chi connectivity index (χ4n) is 3.80. The molecule has 0 unspecified atom stereocenters. The van der Waals surface area contributed by atoms with Gasteiger partial charge in [-0.3, -0.25) is 9.78 Å². The number of anilines is 1. The number of hydrogen-bond acceptors (Lipinski definition) is 6. The Morgan fingerprint density at radius 1 is 1.15 bits per heavy atom.